The van der Waals surface area contributed by atoms with Crippen LogP contribution in [0.4, 0.5) is 40.8 Å². The van der Waals surface area contributed by atoms with Crippen molar-refractivity contribution < 1.29 is 49.4 Å². The average Bonchev–Trinajstić information content (AvgIpc) is 2.77. The molecule has 0 fully saturated rings. The van der Waals surface area contributed by atoms with E-state index in [0.717, 1.165) is 31.3 Å². The first kappa shape index (κ1) is 29.5. The summed E-state index contributed by atoms with van der Waals surface area (Å²) in [6.07, 6.45) is -11.0. The number of nitrogens with zero attached hydrogens (tertiary/aromatic N) is 3. The number of hydrogen-bond donors (Lipinski definition) is 2. The molecule has 2 rings (SSSR count). The van der Waals surface area contributed by atoms with E-state index >= 15 is 0 Å². The Morgan fingerprint density at radius 3 is 2.41 bits per heavy atom. The van der Waals surface area contributed by atoms with Crippen LogP contribution in [0.3, 0.4) is 0 Å². The van der Waals surface area contributed by atoms with Gasteiger partial charge in [-0.3, -0.25) is 4.79 Å². The third-order valence-corrected chi connectivity index (χ3v) is 4.70. The molecule has 1 heterocycles. The number of aryl methyl sites for hydroxylation is 1. The van der Waals surface area contributed by atoms with Gasteiger partial charge in [0.05, 0.1) is 11.9 Å². The zero-order chi connectivity index (χ0) is 28.2. The number of aromatic nitrogens is 2. The zero-order valence-electron chi connectivity index (χ0n) is 19.5. The number of carbonyl (C=O) groups excluding carboxylic acids is 1. The van der Waals surface area contributed by atoms with Crippen LogP contribution < -0.4 is 15.8 Å². The monoisotopic (exact) mass is 543 g/mol. The van der Waals surface area contributed by atoms with Gasteiger partial charge in [0.2, 0.25) is 5.88 Å². The summed E-state index contributed by atoms with van der Waals surface area (Å²) in [6.45, 7) is -0.0636. The minimum atomic E-state index is -4.79. The van der Waals surface area contributed by atoms with Gasteiger partial charge in [-0.25, -0.2) is 23.7 Å². The van der Waals surface area contributed by atoms with Crippen molar-refractivity contribution in [2.24, 2.45) is 10.7 Å². The topological polar surface area (TPSA) is 112 Å². The van der Waals surface area contributed by atoms with Crippen LogP contribution in [0, 0.1) is 12.7 Å². The van der Waals surface area contributed by atoms with E-state index in [9.17, 15) is 39.9 Å². The van der Waals surface area contributed by atoms with E-state index in [2.05, 4.69) is 29.8 Å². The Hall–Kier alpha value is -3.72. The molecule has 0 aliphatic rings. The Morgan fingerprint density at radius 1 is 1.22 bits per heavy atom. The Kier molecular flexibility index (Phi) is 8.87. The lowest BCUT2D eigenvalue weighted by molar-refractivity contribution is -0.193. The van der Waals surface area contributed by atoms with Gasteiger partial charge < -0.3 is 20.5 Å². The number of hydrogen-bond acceptors (Lipinski definition) is 6. The number of nitrogens with one attached hydrogen (secondary N) is 1. The summed E-state index contributed by atoms with van der Waals surface area (Å²) in [6, 6.07) is 1.86. The zero-order valence-corrected chi connectivity index (χ0v) is 19.5. The fourth-order valence-electron chi connectivity index (χ4n) is 2.79. The molecule has 0 spiro atoms. The third kappa shape index (κ3) is 8.15. The minimum Gasteiger partial charge on any atom is -0.467 e. The molecule has 37 heavy (non-hydrogen) atoms. The summed E-state index contributed by atoms with van der Waals surface area (Å²) in [5.41, 5.74) is 2.26. The average molecular weight is 543 g/mol. The van der Waals surface area contributed by atoms with Crippen LogP contribution in [0.25, 0.3) is 0 Å². The molecule has 0 saturated carbocycles. The second-order valence-electron chi connectivity index (χ2n) is 7.85. The van der Waals surface area contributed by atoms with Crippen LogP contribution in [0.15, 0.2) is 29.4 Å². The van der Waals surface area contributed by atoms with Crippen LogP contribution in [-0.2, 0) is 10.3 Å². The number of anilines is 1. The largest absolute Gasteiger partial charge is 0.467 e. The molecule has 204 valence electrons. The number of benzene rings is 1. The Bertz CT molecular complexity index is 1160. The van der Waals surface area contributed by atoms with E-state index in [0.29, 0.717) is 6.92 Å². The molecule has 0 bridgehead atoms. The minimum absolute atomic E-state index is 0.0959. The molecule has 2 aromatic rings. The van der Waals surface area contributed by atoms with Crippen molar-refractivity contribution in [1.29, 1.82) is 0 Å². The Morgan fingerprint density at radius 2 is 1.86 bits per heavy atom. The van der Waals surface area contributed by atoms with Gasteiger partial charge in [0.25, 0.3) is 11.9 Å². The first-order valence-corrected chi connectivity index (χ1v) is 10.2. The highest BCUT2D eigenvalue weighted by Gasteiger charge is 2.39. The van der Waals surface area contributed by atoms with Gasteiger partial charge in [0, 0.05) is 11.3 Å². The molecule has 0 saturated heterocycles. The van der Waals surface area contributed by atoms with Crippen LogP contribution in [0.2, 0.25) is 0 Å². The van der Waals surface area contributed by atoms with Crippen molar-refractivity contribution >= 4 is 17.6 Å². The van der Waals surface area contributed by atoms with Gasteiger partial charge in [-0.15, -0.1) is 0 Å². The van der Waals surface area contributed by atoms with E-state index in [1.807, 2.05) is 0 Å². The molecule has 0 aliphatic heterocycles. The molecule has 2 atom stereocenters. The van der Waals surface area contributed by atoms with E-state index in [-0.39, 0.29) is 17.1 Å². The van der Waals surface area contributed by atoms with Crippen molar-refractivity contribution in [3.05, 3.63) is 47.2 Å². The number of aliphatic imine (C=N–C) groups is 1. The van der Waals surface area contributed by atoms with Crippen molar-refractivity contribution in [3.8, 4) is 5.88 Å². The molecule has 1 unspecified atom stereocenters. The van der Waals surface area contributed by atoms with Gasteiger partial charge >= 0.3 is 12.4 Å². The van der Waals surface area contributed by atoms with Crippen molar-refractivity contribution in [2.75, 3.05) is 18.6 Å². The molecule has 3 N–H and O–H groups in total. The van der Waals surface area contributed by atoms with Gasteiger partial charge in [-0.05, 0) is 39.0 Å². The summed E-state index contributed by atoms with van der Waals surface area (Å²) < 4.78 is 112. The quantitative estimate of drug-likeness (QED) is 0.286. The normalized spacial score (nSPS) is 15.1. The molecule has 1 aromatic carbocycles. The van der Waals surface area contributed by atoms with E-state index < -0.39 is 66.5 Å². The van der Waals surface area contributed by atoms with Crippen molar-refractivity contribution in [2.45, 2.75) is 44.8 Å². The van der Waals surface area contributed by atoms with E-state index in [1.165, 1.54) is 6.92 Å². The standard InChI is InChI=1S/C21H21F8N5O3/c1-10-16(31-7-15(32-10)36-9-20(24,25)26)17(35)33-12-4-5-14(23)13(6-12)19(3,8-22)34-18(30)37-11(2)21(27,28)29/h4-7,11H,8-9H2,1-3H3,(H2,30,34)(H,33,35)/t11-,19?/m0/s1. The van der Waals surface area contributed by atoms with Crippen LogP contribution in [0.5, 0.6) is 5.88 Å². The fraction of sp³-hybridized carbons (Fsp3) is 0.429. The Balaban J connectivity index is 2.27. The first-order chi connectivity index (χ1) is 16.9. The second kappa shape index (κ2) is 11.1. The molecule has 8 nitrogen and oxygen atoms in total. The smallest absolute Gasteiger partial charge is 0.425 e. The number of ether oxygens (including phenoxy) is 2. The summed E-state index contributed by atoms with van der Waals surface area (Å²) in [7, 11) is 0. The maximum Gasteiger partial charge on any atom is 0.425 e. The second-order valence-corrected chi connectivity index (χ2v) is 7.85. The molecule has 16 heteroatoms. The highest BCUT2D eigenvalue weighted by Crippen LogP contribution is 2.32. The number of amidine groups is 1. The molecule has 0 aliphatic carbocycles. The lowest BCUT2D eigenvalue weighted by Gasteiger charge is -2.25. The Labute approximate surface area is 204 Å². The fourth-order valence-corrected chi connectivity index (χ4v) is 2.79. The summed E-state index contributed by atoms with van der Waals surface area (Å²) >= 11 is 0. The van der Waals surface area contributed by atoms with Crippen LogP contribution in [0.1, 0.15) is 35.6 Å². The summed E-state index contributed by atoms with van der Waals surface area (Å²) in [5.74, 6) is -2.40. The van der Waals surface area contributed by atoms with Crippen LogP contribution in [-0.4, -0.2) is 53.6 Å². The van der Waals surface area contributed by atoms with Crippen LogP contribution >= 0.6 is 0 Å². The van der Waals surface area contributed by atoms with Gasteiger partial charge in [0.1, 0.15) is 23.7 Å². The highest BCUT2D eigenvalue weighted by molar-refractivity contribution is 6.03. The predicted octanol–water partition coefficient (Wildman–Crippen LogP) is 4.58. The predicted molar refractivity (Wildman–Crippen MR) is 114 cm³/mol. The third-order valence-electron chi connectivity index (χ3n) is 4.70. The SMILES string of the molecule is Cc1nc(OCC(F)(F)F)cnc1C(=O)Nc1ccc(F)c(C(C)(CF)/N=C(/N)O[C@@H](C)C(F)(F)F)c1. The number of halogens is 8. The van der Waals surface area contributed by atoms with Gasteiger partial charge in [0.15, 0.2) is 12.7 Å². The maximum absolute atomic E-state index is 14.6. The van der Waals surface area contributed by atoms with Gasteiger partial charge in [-0.1, -0.05) is 0 Å². The molecule has 1 amide bonds. The number of alkyl halides is 7. The first-order valence-electron chi connectivity index (χ1n) is 10.2. The van der Waals surface area contributed by atoms with E-state index in [4.69, 9.17) is 5.73 Å². The number of amides is 1. The maximum atomic E-state index is 14.6. The number of rotatable bonds is 8. The summed E-state index contributed by atoms with van der Waals surface area (Å²) in [5, 5.41) is 2.33. The number of carbonyl (C=O) groups is 1. The number of nitrogens with two attached hydrogens (primary N) is 1. The molecule has 1 aromatic heterocycles. The highest BCUT2D eigenvalue weighted by atomic mass is 19.4. The molecular formula is C21H21F8N5O3. The molecule has 0 radical (unpaired) electrons. The lowest BCUT2D eigenvalue weighted by atomic mass is 9.93. The molecular weight excluding hydrogens is 522 g/mol. The van der Waals surface area contributed by atoms with Gasteiger partial charge in [-0.2, -0.15) is 26.3 Å². The van der Waals surface area contributed by atoms with E-state index in [1.54, 1.807) is 0 Å². The lowest BCUT2D eigenvalue weighted by Crippen LogP contribution is -2.36. The van der Waals surface area contributed by atoms with Crippen molar-refractivity contribution in [3.63, 3.8) is 0 Å². The summed E-state index contributed by atoms with van der Waals surface area (Å²) in [4.78, 5) is 23.6. The van der Waals surface area contributed by atoms with Crippen molar-refractivity contribution in [1.82, 2.24) is 9.97 Å².